The maximum Gasteiger partial charge on any atom is 0.275 e. The van der Waals surface area contributed by atoms with E-state index >= 15 is 0 Å². The summed E-state index contributed by atoms with van der Waals surface area (Å²) in [5.41, 5.74) is 2.00. The van der Waals surface area contributed by atoms with Crippen LogP contribution in [0, 0.1) is 6.92 Å². The van der Waals surface area contributed by atoms with Gasteiger partial charge in [-0.3, -0.25) is 4.79 Å². The van der Waals surface area contributed by atoms with Crippen molar-refractivity contribution in [2.45, 2.75) is 6.92 Å². The minimum atomic E-state index is -0.342. The fourth-order valence-corrected chi connectivity index (χ4v) is 2.31. The summed E-state index contributed by atoms with van der Waals surface area (Å²) in [6.45, 7) is 1.75. The molecule has 23 heavy (non-hydrogen) atoms. The average molecular weight is 373 g/mol. The first-order valence-electron chi connectivity index (χ1n) is 6.84. The van der Waals surface area contributed by atoms with Crippen molar-refractivity contribution in [2.75, 3.05) is 10.6 Å². The summed E-state index contributed by atoms with van der Waals surface area (Å²) in [7, 11) is 0. The van der Waals surface area contributed by atoms with Crippen LogP contribution in [0.4, 0.5) is 17.2 Å². The summed E-state index contributed by atoms with van der Waals surface area (Å²) in [5, 5.41) is 9.56. The Hall–Kier alpha value is -2.67. The lowest BCUT2D eigenvalue weighted by atomic mass is 10.3. The molecule has 0 bridgehead atoms. The molecule has 0 saturated heterocycles. The molecule has 0 radical (unpaired) electrons. The lowest BCUT2D eigenvalue weighted by Gasteiger charge is -2.08. The molecule has 2 heterocycles. The molecular weight excluding hydrogens is 360 g/mol. The number of benzene rings is 1. The van der Waals surface area contributed by atoms with E-state index in [4.69, 9.17) is 4.52 Å². The maximum absolute atomic E-state index is 12.1. The lowest BCUT2D eigenvalue weighted by molar-refractivity contribution is 0.102. The number of anilines is 3. The Kier molecular flexibility index (Phi) is 4.38. The largest absolute Gasteiger partial charge is 0.360 e. The van der Waals surface area contributed by atoms with E-state index in [0.29, 0.717) is 17.3 Å². The highest BCUT2D eigenvalue weighted by molar-refractivity contribution is 9.10. The number of hydrogen-bond donors (Lipinski definition) is 2. The molecule has 0 fully saturated rings. The maximum atomic E-state index is 12.1. The Balaban J connectivity index is 1.69. The number of aryl methyl sites for hydroxylation is 1. The van der Waals surface area contributed by atoms with Crippen molar-refractivity contribution in [2.24, 2.45) is 0 Å². The van der Waals surface area contributed by atoms with E-state index < -0.39 is 0 Å². The van der Waals surface area contributed by atoms with Gasteiger partial charge >= 0.3 is 0 Å². The van der Waals surface area contributed by atoms with Crippen molar-refractivity contribution >= 4 is 39.0 Å². The van der Waals surface area contributed by atoms with Crippen LogP contribution in [-0.4, -0.2) is 16.0 Å². The van der Waals surface area contributed by atoms with Gasteiger partial charge in [-0.1, -0.05) is 17.3 Å². The van der Waals surface area contributed by atoms with Gasteiger partial charge in [-0.25, -0.2) is 4.98 Å². The minimum Gasteiger partial charge on any atom is -0.360 e. The van der Waals surface area contributed by atoms with Crippen molar-refractivity contribution in [1.82, 2.24) is 10.1 Å². The van der Waals surface area contributed by atoms with Gasteiger partial charge in [-0.05, 0) is 47.1 Å². The van der Waals surface area contributed by atoms with Gasteiger partial charge in [-0.2, -0.15) is 0 Å². The number of carbonyl (C=O) groups excluding carboxylic acids is 1. The van der Waals surface area contributed by atoms with Gasteiger partial charge in [0.2, 0.25) is 0 Å². The van der Waals surface area contributed by atoms with Gasteiger partial charge in [0, 0.05) is 10.5 Å². The van der Waals surface area contributed by atoms with Crippen molar-refractivity contribution < 1.29 is 9.32 Å². The Bertz CT molecular complexity index is 830. The van der Waals surface area contributed by atoms with E-state index in [1.54, 1.807) is 31.3 Å². The number of nitrogens with zero attached hydrogens (tertiary/aromatic N) is 2. The number of aromatic nitrogens is 2. The summed E-state index contributed by atoms with van der Waals surface area (Å²) in [4.78, 5) is 16.2. The molecule has 0 unspecified atom stereocenters. The first-order chi connectivity index (χ1) is 11.1. The van der Waals surface area contributed by atoms with Crippen LogP contribution in [0.3, 0.4) is 0 Å². The molecular formula is C16H13BrN4O2. The van der Waals surface area contributed by atoms with Crippen LogP contribution in [0.15, 0.2) is 57.7 Å². The van der Waals surface area contributed by atoms with Crippen LogP contribution in [0.5, 0.6) is 0 Å². The second kappa shape index (κ2) is 6.62. The minimum absolute atomic E-state index is 0.295. The van der Waals surface area contributed by atoms with E-state index in [9.17, 15) is 4.79 Å². The Morgan fingerprint density at radius 2 is 2.04 bits per heavy atom. The Morgan fingerprint density at radius 1 is 1.22 bits per heavy atom. The summed E-state index contributed by atoms with van der Waals surface area (Å²) in [5.74, 6) is 0.650. The summed E-state index contributed by atoms with van der Waals surface area (Å²) in [6, 6.07) is 12.8. The topological polar surface area (TPSA) is 80.0 Å². The predicted molar refractivity (Wildman–Crippen MR) is 90.9 cm³/mol. The van der Waals surface area contributed by atoms with Gasteiger partial charge < -0.3 is 15.2 Å². The van der Waals surface area contributed by atoms with E-state index in [2.05, 4.69) is 36.7 Å². The van der Waals surface area contributed by atoms with Gasteiger partial charge in [-0.15, -0.1) is 0 Å². The van der Waals surface area contributed by atoms with E-state index in [1.807, 2.05) is 24.3 Å². The monoisotopic (exact) mass is 372 g/mol. The Labute approximate surface area is 141 Å². The number of nitrogens with one attached hydrogen (secondary N) is 2. The van der Waals surface area contributed by atoms with Crippen LogP contribution in [0.2, 0.25) is 0 Å². The molecule has 0 saturated carbocycles. The highest BCUT2D eigenvalue weighted by atomic mass is 79.9. The third-order valence-corrected chi connectivity index (χ3v) is 3.71. The normalized spacial score (nSPS) is 10.3. The highest BCUT2D eigenvalue weighted by Gasteiger charge is 2.10. The zero-order valence-corrected chi connectivity index (χ0v) is 13.8. The number of hydrogen-bond acceptors (Lipinski definition) is 5. The van der Waals surface area contributed by atoms with Crippen LogP contribution >= 0.6 is 15.9 Å². The molecule has 1 amide bonds. The van der Waals surface area contributed by atoms with Crippen molar-refractivity contribution in [3.8, 4) is 0 Å². The molecule has 6 nitrogen and oxygen atoms in total. The van der Waals surface area contributed by atoms with Crippen LogP contribution in [0.25, 0.3) is 0 Å². The van der Waals surface area contributed by atoms with Crippen LogP contribution in [0.1, 0.15) is 16.2 Å². The second-order valence-corrected chi connectivity index (χ2v) is 5.67. The van der Waals surface area contributed by atoms with Gasteiger partial charge in [0.25, 0.3) is 5.91 Å². The molecule has 2 N–H and O–H groups in total. The first-order valence-corrected chi connectivity index (χ1v) is 7.63. The molecule has 0 aliphatic carbocycles. The third kappa shape index (κ3) is 3.75. The molecule has 0 spiro atoms. The zero-order chi connectivity index (χ0) is 16.2. The first kappa shape index (κ1) is 15.2. The van der Waals surface area contributed by atoms with Gasteiger partial charge in [0.05, 0.1) is 17.6 Å². The van der Waals surface area contributed by atoms with Crippen molar-refractivity contribution in [1.29, 1.82) is 0 Å². The smallest absolute Gasteiger partial charge is 0.275 e. The molecule has 0 atom stereocenters. The molecule has 116 valence electrons. The molecule has 3 aromatic rings. The second-order valence-electron chi connectivity index (χ2n) is 4.81. The van der Waals surface area contributed by atoms with E-state index in [0.717, 1.165) is 15.8 Å². The molecule has 2 aromatic heterocycles. The quantitative estimate of drug-likeness (QED) is 0.719. The van der Waals surface area contributed by atoms with E-state index in [-0.39, 0.29) is 5.91 Å². The van der Waals surface area contributed by atoms with Crippen molar-refractivity contribution in [3.05, 3.63) is 64.6 Å². The summed E-state index contributed by atoms with van der Waals surface area (Å²) < 4.78 is 5.85. The zero-order valence-electron chi connectivity index (χ0n) is 12.2. The number of carbonyl (C=O) groups is 1. The van der Waals surface area contributed by atoms with Gasteiger partial charge in [0.1, 0.15) is 11.5 Å². The SMILES string of the molecule is Cc1cc(NC(=O)c2ccc(Nc3ccccc3Br)cn2)no1. The molecule has 0 aliphatic rings. The van der Waals surface area contributed by atoms with Crippen LogP contribution in [-0.2, 0) is 0 Å². The molecule has 3 rings (SSSR count). The predicted octanol–water partition coefficient (Wildman–Crippen LogP) is 4.14. The molecule has 7 heteroatoms. The fraction of sp³-hybridized carbons (Fsp3) is 0.0625. The number of amides is 1. The van der Waals surface area contributed by atoms with Crippen molar-refractivity contribution in [3.63, 3.8) is 0 Å². The summed E-state index contributed by atoms with van der Waals surface area (Å²) in [6.07, 6.45) is 1.60. The summed E-state index contributed by atoms with van der Waals surface area (Å²) >= 11 is 3.47. The average Bonchev–Trinajstić information content (AvgIpc) is 2.95. The standard InChI is InChI=1S/C16H13BrN4O2/c1-10-8-15(21-23-10)20-16(22)14-7-6-11(9-18-14)19-13-5-3-2-4-12(13)17/h2-9,19H,1H3,(H,20,21,22). The number of para-hydroxylation sites is 1. The van der Waals surface area contributed by atoms with Gasteiger partial charge in [0.15, 0.2) is 5.82 Å². The Morgan fingerprint density at radius 3 is 2.70 bits per heavy atom. The number of halogens is 1. The highest BCUT2D eigenvalue weighted by Crippen LogP contribution is 2.24. The van der Waals surface area contributed by atoms with Crippen LogP contribution < -0.4 is 10.6 Å². The molecule has 1 aromatic carbocycles. The lowest BCUT2D eigenvalue weighted by Crippen LogP contribution is -2.13. The number of pyridine rings is 1. The third-order valence-electron chi connectivity index (χ3n) is 3.02. The van der Waals surface area contributed by atoms with E-state index in [1.165, 1.54) is 0 Å². The number of rotatable bonds is 4. The fourth-order valence-electron chi connectivity index (χ4n) is 1.93. The molecule has 0 aliphatic heterocycles.